The lowest BCUT2D eigenvalue weighted by atomic mass is 10.0. The molecule has 96 valence electrons. The Kier molecular flexibility index (Phi) is 5.21. The second kappa shape index (κ2) is 6.21. The SMILES string of the molecule is CC(C)[C@@H](N)CCN(C)C(=O)c1coc(Br)c1. The molecule has 0 saturated carbocycles. The molecule has 0 unspecified atom stereocenters. The zero-order valence-electron chi connectivity index (χ0n) is 10.4. The summed E-state index contributed by atoms with van der Waals surface area (Å²) in [6.07, 6.45) is 2.25. The highest BCUT2D eigenvalue weighted by atomic mass is 79.9. The summed E-state index contributed by atoms with van der Waals surface area (Å²) in [6.45, 7) is 4.82. The van der Waals surface area contributed by atoms with Crippen LogP contribution in [0.4, 0.5) is 0 Å². The van der Waals surface area contributed by atoms with Crippen molar-refractivity contribution in [1.29, 1.82) is 0 Å². The first kappa shape index (κ1) is 14.3. The van der Waals surface area contributed by atoms with Crippen molar-refractivity contribution in [3.05, 3.63) is 22.6 Å². The Hall–Kier alpha value is -0.810. The molecule has 17 heavy (non-hydrogen) atoms. The number of nitrogens with zero attached hydrogens (tertiary/aromatic N) is 1. The lowest BCUT2D eigenvalue weighted by Gasteiger charge is -2.21. The van der Waals surface area contributed by atoms with E-state index in [0.29, 0.717) is 22.7 Å². The van der Waals surface area contributed by atoms with Gasteiger partial charge in [-0.2, -0.15) is 0 Å². The zero-order valence-corrected chi connectivity index (χ0v) is 12.0. The van der Waals surface area contributed by atoms with Crippen molar-refractivity contribution in [2.75, 3.05) is 13.6 Å². The van der Waals surface area contributed by atoms with Gasteiger partial charge in [-0.05, 0) is 28.3 Å². The third-order valence-electron chi connectivity index (χ3n) is 2.82. The molecule has 0 aliphatic rings. The van der Waals surface area contributed by atoms with E-state index in [2.05, 4.69) is 29.8 Å². The van der Waals surface area contributed by atoms with Crippen LogP contribution >= 0.6 is 15.9 Å². The standard InChI is InChI=1S/C12H19BrN2O2/c1-8(2)10(14)4-5-15(3)12(16)9-6-11(13)17-7-9/h6-8,10H,4-5,14H2,1-3H3/t10-/m0/s1. The van der Waals surface area contributed by atoms with Gasteiger partial charge in [0.2, 0.25) is 0 Å². The number of furan rings is 1. The van der Waals surface area contributed by atoms with E-state index in [4.69, 9.17) is 10.2 Å². The molecule has 0 spiro atoms. The minimum atomic E-state index is -0.0459. The Balaban J connectivity index is 2.48. The van der Waals surface area contributed by atoms with Crippen LogP contribution in [0.3, 0.4) is 0 Å². The van der Waals surface area contributed by atoms with Crippen LogP contribution in [0.1, 0.15) is 30.6 Å². The van der Waals surface area contributed by atoms with Gasteiger partial charge in [0.25, 0.3) is 5.91 Å². The summed E-state index contributed by atoms with van der Waals surface area (Å²) in [4.78, 5) is 13.6. The molecule has 1 aromatic rings. The van der Waals surface area contributed by atoms with E-state index in [1.807, 2.05) is 0 Å². The number of nitrogens with two attached hydrogens (primary N) is 1. The quantitative estimate of drug-likeness (QED) is 0.909. The normalized spacial score (nSPS) is 12.8. The number of carbonyl (C=O) groups is 1. The number of halogens is 1. The third-order valence-corrected chi connectivity index (χ3v) is 3.23. The summed E-state index contributed by atoms with van der Waals surface area (Å²) in [5, 5.41) is 0. The molecule has 5 heteroatoms. The maximum atomic E-state index is 11.9. The predicted octanol–water partition coefficient (Wildman–Crippen LogP) is 2.49. The number of hydrogen-bond acceptors (Lipinski definition) is 3. The number of hydrogen-bond donors (Lipinski definition) is 1. The van der Waals surface area contributed by atoms with Crippen LogP contribution in [0.15, 0.2) is 21.4 Å². The summed E-state index contributed by atoms with van der Waals surface area (Å²) in [5.74, 6) is 0.386. The van der Waals surface area contributed by atoms with E-state index >= 15 is 0 Å². The summed E-state index contributed by atoms with van der Waals surface area (Å²) in [6, 6.07) is 1.79. The topological polar surface area (TPSA) is 59.5 Å². The fourth-order valence-corrected chi connectivity index (χ4v) is 1.76. The molecule has 1 aromatic heterocycles. The average Bonchev–Trinajstić information content (AvgIpc) is 2.70. The first-order valence-electron chi connectivity index (χ1n) is 5.67. The first-order valence-corrected chi connectivity index (χ1v) is 6.46. The van der Waals surface area contributed by atoms with Crippen molar-refractivity contribution in [2.24, 2.45) is 11.7 Å². The molecule has 0 aliphatic heterocycles. The van der Waals surface area contributed by atoms with Gasteiger partial charge in [-0.3, -0.25) is 4.79 Å². The van der Waals surface area contributed by atoms with Gasteiger partial charge in [0.05, 0.1) is 5.56 Å². The van der Waals surface area contributed by atoms with Crippen LogP contribution in [-0.4, -0.2) is 30.4 Å². The Morgan fingerprint density at radius 1 is 1.59 bits per heavy atom. The Morgan fingerprint density at radius 3 is 2.71 bits per heavy atom. The first-order chi connectivity index (χ1) is 7.91. The molecule has 0 saturated heterocycles. The molecule has 0 radical (unpaired) electrons. The van der Waals surface area contributed by atoms with E-state index in [0.717, 1.165) is 6.42 Å². The molecule has 0 aromatic carbocycles. The molecule has 2 N–H and O–H groups in total. The van der Waals surface area contributed by atoms with Gasteiger partial charge in [-0.15, -0.1) is 0 Å². The monoisotopic (exact) mass is 302 g/mol. The molecular weight excluding hydrogens is 284 g/mol. The van der Waals surface area contributed by atoms with Gasteiger partial charge >= 0.3 is 0 Å². The Morgan fingerprint density at radius 2 is 2.24 bits per heavy atom. The molecule has 1 atom stereocenters. The Labute approximate surface area is 110 Å². The number of amides is 1. The van der Waals surface area contributed by atoms with Crippen LogP contribution in [0.5, 0.6) is 0 Å². The van der Waals surface area contributed by atoms with Crippen LogP contribution < -0.4 is 5.73 Å². The molecule has 0 aliphatic carbocycles. The maximum absolute atomic E-state index is 11.9. The molecule has 4 nitrogen and oxygen atoms in total. The second-order valence-corrected chi connectivity index (χ2v) is 5.34. The van der Waals surface area contributed by atoms with Crippen molar-refractivity contribution in [3.63, 3.8) is 0 Å². The van der Waals surface area contributed by atoms with Crippen molar-refractivity contribution >= 4 is 21.8 Å². The van der Waals surface area contributed by atoms with Crippen molar-refractivity contribution in [2.45, 2.75) is 26.3 Å². The fourth-order valence-electron chi connectivity index (χ4n) is 1.42. The second-order valence-electron chi connectivity index (χ2n) is 4.56. The third kappa shape index (κ3) is 4.16. The predicted molar refractivity (Wildman–Crippen MR) is 70.8 cm³/mol. The largest absolute Gasteiger partial charge is 0.457 e. The molecule has 1 rings (SSSR count). The summed E-state index contributed by atoms with van der Waals surface area (Å²) in [5.41, 5.74) is 6.50. The van der Waals surface area contributed by atoms with E-state index in [1.54, 1.807) is 18.0 Å². The molecule has 1 amide bonds. The molecular formula is C12H19BrN2O2. The highest BCUT2D eigenvalue weighted by Gasteiger charge is 2.16. The van der Waals surface area contributed by atoms with E-state index in [-0.39, 0.29) is 11.9 Å². The van der Waals surface area contributed by atoms with Gasteiger partial charge < -0.3 is 15.1 Å². The van der Waals surface area contributed by atoms with Crippen LogP contribution in [-0.2, 0) is 0 Å². The van der Waals surface area contributed by atoms with Crippen LogP contribution in [0.2, 0.25) is 0 Å². The van der Waals surface area contributed by atoms with Crippen molar-refractivity contribution < 1.29 is 9.21 Å². The smallest absolute Gasteiger partial charge is 0.256 e. The minimum Gasteiger partial charge on any atom is -0.457 e. The minimum absolute atomic E-state index is 0.0459. The lowest BCUT2D eigenvalue weighted by Crippen LogP contribution is -2.34. The van der Waals surface area contributed by atoms with Gasteiger partial charge in [-0.1, -0.05) is 13.8 Å². The summed E-state index contributed by atoms with van der Waals surface area (Å²) >= 11 is 3.17. The van der Waals surface area contributed by atoms with Gasteiger partial charge in [-0.25, -0.2) is 0 Å². The summed E-state index contributed by atoms with van der Waals surface area (Å²) < 4.78 is 5.61. The molecule has 0 fully saturated rings. The molecule has 1 heterocycles. The highest BCUT2D eigenvalue weighted by Crippen LogP contribution is 2.15. The zero-order chi connectivity index (χ0) is 13.0. The van der Waals surface area contributed by atoms with E-state index < -0.39 is 0 Å². The van der Waals surface area contributed by atoms with E-state index in [9.17, 15) is 4.79 Å². The van der Waals surface area contributed by atoms with Crippen LogP contribution in [0.25, 0.3) is 0 Å². The van der Waals surface area contributed by atoms with Gasteiger partial charge in [0.1, 0.15) is 6.26 Å². The van der Waals surface area contributed by atoms with E-state index in [1.165, 1.54) is 6.26 Å². The Bertz CT molecular complexity index is 376. The van der Waals surface area contributed by atoms with Gasteiger partial charge in [0.15, 0.2) is 4.67 Å². The van der Waals surface area contributed by atoms with Crippen LogP contribution in [0, 0.1) is 5.92 Å². The van der Waals surface area contributed by atoms with Gasteiger partial charge in [0, 0.05) is 25.7 Å². The highest BCUT2D eigenvalue weighted by molar-refractivity contribution is 9.10. The summed E-state index contributed by atoms with van der Waals surface area (Å²) in [7, 11) is 1.77. The lowest BCUT2D eigenvalue weighted by molar-refractivity contribution is 0.0788. The van der Waals surface area contributed by atoms with Crippen molar-refractivity contribution in [3.8, 4) is 0 Å². The maximum Gasteiger partial charge on any atom is 0.256 e. The number of carbonyl (C=O) groups excluding carboxylic acids is 1. The molecule has 0 bridgehead atoms. The fraction of sp³-hybridized carbons (Fsp3) is 0.583. The average molecular weight is 303 g/mol. The van der Waals surface area contributed by atoms with Crippen molar-refractivity contribution in [1.82, 2.24) is 4.90 Å². The number of rotatable bonds is 5.